The number of aromatic nitrogens is 4. The highest BCUT2D eigenvalue weighted by molar-refractivity contribution is 7.98. The molecule has 5 nitrogen and oxygen atoms in total. The molecule has 3 aromatic rings. The molecule has 0 unspecified atom stereocenters. The summed E-state index contributed by atoms with van der Waals surface area (Å²) in [7, 11) is 0. The number of hydrogen-bond donors (Lipinski definition) is 0. The molecular formula is C15H14N4OS. The van der Waals surface area contributed by atoms with Gasteiger partial charge in [-0.2, -0.15) is 0 Å². The van der Waals surface area contributed by atoms with E-state index < -0.39 is 0 Å². The maximum Gasteiger partial charge on any atom is 0.278 e. The highest BCUT2D eigenvalue weighted by atomic mass is 32.2. The Morgan fingerprint density at radius 2 is 2.10 bits per heavy atom. The Labute approximate surface area is 125 Å². The van der Waals surface area contributed by atoms with Crippen molar-refractivity contribution in [3.8, 4) is 5.69 Å². The van der Waals surface area contributed by atoms with Gasteiger partial charge in [0.25, 0.3) is 5.56 Å². The van der Waals surface area contributed by atoms with E-state index in [1.165, 1.54) is 11.8 Å². The monoisotopic (exact) mass is 298 g/mol. The lowest BCUT2D eigenvalue weighted by Crippen LogP contribution is -2.21. The second kappa shape index (κ2) is 5.57. The third-order valence-electron chi connectivity index (χ3n) is 3.14. The van der Waals surface area contributed by atoms with Crippen LogP contribution in [0.3, 0.4) is 0 Å². The van der Waals surface area contributed by atoms with Crippen molar-refractivity contribution in [3.63, 3.8) is 0 Å². The van der Waals surface area contributed by atoms with Crippen LogP contribution in [-0.4, -0.2) is 25.6 Å². The molecule has 1 aromatic carbocycles. The van der Waals surface area contributed by atoms with Crippen molar-refractivity contribution in [2.75, 3.05) is 6.26 Å². The zero-order chi connectivity index (χ0) is 14.8. The largest absolute Gasteiger partial charge is 0.278 e. The summed E-state index contributed by atoms with van der Waals surface area (Å²) in [4.78, 5) is 21.2. The van der Waals surface area contributed by atoms with Crippen molar-refractivity contribution >= 4 is 22.8 Å². The van der Waals surface area contributed by atoms with Crippen LogP contribution >= 0.6 is 11.8 Å². The van der Waals surface area contributed by atoms with Gasteiger partial charge in [-0.15, -0.1) is 6.58 Å². The predicted octanol–water partition coefficient (Wildman–Crippen LogP) is 2.49. The molecule has 2 aromatic heterocycles. The number of allylic oxidation sites excluding steroid dienone is 1. The minimum absolute atomic E-state index is 0.110. The van der Waals surface area contributed by atoms with Gasteiger partial charge in [0.15, 0.2) is 10.8 Å². The van der Waals surface area contributed by atoms with Gasteiger partial charge in [0.1, 0.15) is 5.39 Å². The molecule has 0 N–H and O–H groups in total. The van der Waals surface area contributed by atoms with Crippen molar-refractivity contribution < 1.29 is 0 Å². The Balaban J connectivity index is 2.40. The number of thioether (sulfide) groups is 1. The highest BCUT2D eigenvalue weighted by Gasteiger charge is 2.16. The van der Waals surface area contributed by atoms with Crippen LogP contribution in [-0.2, 0) is 6.54 Å². The fourth-order valence-corrected chi connectivity index (χ4v) is 2.57. The van der Waals surface area contributed by atoms with Gasteiger partial charge in [0.05, 0.1) is 12.2 Å². The third-order valence-corrected chi connectivity index (χ3v) is 3.70. The second-order valence-electron chi connectivity index (χ2n) is 4.42. The Bertz CT molecular complexity index is 851. The first-order chi connectivity index (χ1) is 10.3. The summed E-state index contributed by atoms with van der Waals surface area (Å²) in [5, 5.41) is 1.15. The maximum absolute atomic E-state index is 12.5. The number of benzene rings is 1. The molecule has 0 saturated heterocycles. The summed E-state index contributed by atoms with van der Waals surface area (Å²) < 4.78 is 3.44. The molecular weight excluding hydrogens is 284 g/mol. The van der Waals surface area contributed by atoms with Gasteiger partial charge < -0.3 is 0 Å². The standard InChI is InChI=1S/C15H14N4OS/c1-3-9-18-14(20)12-10-16-15(21-2)17-13(12)19(18)11-7-5-4-6-8-11/h3-8,10H,1,9H2,2H3. The van der Waals surface area contributed by atoms with E-state index in [4.69, 9.17) is 0 Å². The van der Waals surface area contributed by atoms with Gasteiger partial charge in [-0.1, -0.05) is 36.0 Å². The normalized spacial score (nSPS) is 10.9. The topological polar surface area (TPSA) is 52.7 Å². The van der Waals surface area contributed by atoms with Gasteiger partial charge in [-0.25, -0.2) is 19.3 Å². The molecule has 0 atom stereocenters. The Morgan fingerprint density at radius 3 is 2.76 bits per heavy atom. The van der Waals surface area contributed by atoms with E-state index >= 15 is 0 Å². The Morgan fingerprint density at radius 1 is 1.33 bits per heavy atom. The molecule has 0 fully saturated rings. The van der Waals surface area contributed by atoms with Crippen molar-refractivity contribution in [2.45, 2.75) is 11.7 Å². The predicted molar refractivity (Wildman–Crippen MR) is 85.1 cm³/mol. The van der Waals surface area contributed by atoms with Crippen LogP contribution in [0.4, 0.5) is 0 Å². The number of nitrogens with zero attached hydrogens (tertiary/aromatic N) is 4. The van der Waals surface area contributed by atoms with Crippen LogP contribution in [0.2, 0.25) is 0 Å². The Hall–Kier alpha value is -2.34. The average molecular weight is 298 g/mol. The fraction of sp³-hybridized carbons (Fsp3) is 0.133. The molecule has 6 heteroatoms. The average Bonchev–Trinajstić information content (AvgIpc) is 2.81. The van der Waals surface area contributed by atoms with E-state index in [0.717, 1.165) is 5.69 Å². The van der Waals surface area contributed by atoms with Gasteiger partial charge in [0, 0.05) is 6.20 Å². The quantitative estimate of drug-likeness (QED) is 0.422. The first-order valence-electron chi connectivity index (χ1n) is 6.45. The smallest absolute Gasteiger partial charge is 0.267 e. The summed E-state index contributed by atoms with van der Waals surface area (Å²) >= 11 is 1.45. The van der Waals surface area contributed by atoms with E-state index in [2.05, 4.69) is 16.5 Å². The minimum atomic E-state index is -0.110. The first-order valence-corrected chi connectivity index (χ1v) is 7.67. The number of para-hydroxylation sites is 1. The SMILES string of the molecule is C=CCn1c(=O)c2cnc(SC)nc2n1-c1ccccc1. The minimum Gasteiger partial charge on any atom is -0.267 e. The van der Waals surface area contributed by atoms with Crippen LogP contribution in [0.15, 0.2) is 59.1 Å². The molecule has 0 aliphatic heterocycles. The van der Waals surface area contributed by atoms with E-state index in [1.807, 2.05) is 41.3 Å². The van der Waals surface area contributed by atoms with Crippen molar-refractivity contribution in [1.29, 1.82) is 0 Å². The van der Waals surface area contributed by atoms with E-state index in [0.29, 0.717) is 22.7 Å². The summed E-state index contributed by atoms with van der Waals surface area (Å²) in [5.74, 6) is 0. The van der Waals surface area contributed by atoms with Crippen LogP contribution < -0.4 is 5.56 Å². The van der Waals surface area contributed by atoms with E-state index in [-0.39, 0.29) is 5.56 Å². The Kier molecular flexibility index (Phi) is 3.62. The highest BCUT2D eigenvalue weighted by Crippen LogP contribution is 2.17. The molecule has 106 valence electrons. The number of fused-ring (bicyclic) bond motifs is 1. The van der Waals surface area contributed by atoms with Crippen LogP contribution in [0, 0.1) is 0 Å². The van der Waals surface area contributed by atoms with Crippen LogP contribution in [0.1, 0.15) is 0 Å². The second-order valence-corrected chi connectivity index (χ2v) is 5.19. The third kappa shape index (κ3) is 2.27. The molecule has 0 aliphatic rings. The van der Waals surface area contributed by atoms with Crippen molar-refractivity contribution in [3.05, 3.63) is 59.5 Å². The van der Waals surface area contributed by atoms with Gasteiger partial charge in [-0.05, 0) is 18.4 Å². The lowest BCUT2D eigenvalue weighted by molar-refractivity contribution is 0.605. The zero-order valence-electron chi connectivity index (χ0n) is 11.6. The summed E-state index contributed by atoms with van der Waals surface area (Å²) in [6.45, 7) is 4.14. The first kappa shape index (κ1) is 13.6. The molecule has 0 spiro atoms. The van der Waals surface area contributed by atoms with Gasteiger partial charge in [-0.3, -0.25) is 4.79 Å². The summed E-state index contributed by atoms with van der Waals surface area (Å²) in [5.41, 5.74) is 1.39. The van der Waals surface area contributed by atoms with E-state index in [1.54, 1.807) is 17.0 Å². The van der Waals surface area contributed by atoms with Gasteiger partial charge >= 0.3 is 0 Å². The zero-order valence-corrected chi connectivity index (χ0v) is 12.4. The van der Waals surface area contributed by atoms with E-state index in [9.17, 15) is 4.79 Å². The summed E-state index contributed by atoms with van der Waals surface area (Å²) in [6.07, 6.45) is 5.20. The molecule has 0 amide bonds. The maximum atomic E-state index is 12.5. The number of hydrogen-bond acceptors (Lipinski definition) is 4. The lowest BCUT2D eigenvalue weighted by Gasteiger charge is -2.10. The number of rotatable bonds is 4. The fourth-order valence-electron chi connectivity index (χ4n) is 2.23. The molecule has 21 heavy (non-hydrogen) atoms. The molecule has 2 heterocycles. The molecule has 0 radical (unpaired) electrons. The van der Waals surface area contributed by atoms with Crippen molar-refractivity contribution in [2.24, 2.45) is 0 Å². The van der Waals surface area contributed by atoms with Crippen LogP contribution in [0.5, 0.6) is 0 Å². The summed E-state index contributed by atoms with van der Waals surface area (Å²) in [6, 6.07) is 9.69. The lowest BCUT2D eigenvalue weighted by atomic mass is 10.3. The van der Waals surface area contributed by atoms with Crippen LogP contribution in [0.25, 0.3) is 16.7 Å². The molecule has 0 aliphatic carbocycles. The van der Waals surface area contributed by atoms with Gasteiger partial charge in [0.2, 0.25) is 0 Å². The molecule has 0 bridgehead atoms. The molecule has 0 saturated carbocycles. The molecule has 3 rings (SSSR count). The van der Waals surface area contributed by atoms with Crippen molar-refractivity contribution in [1.82, 2.24) is 19.3 Å².